The first-order chi connectivity index (χ1) is 9.84. The Morgan fingerprint density at radius 2 is 1.71 bits per heavy atom. The molecule has 0 spiro atoms. The lowest BCUT2D eigenvalue weighted by atomic mass is 9.93. The zero-order valence-electron chi connectivity index (χ0n) is 11.6. The maximum absolute atomic E-state index is 13.2. The molecule has 0 heterocycles. The molecule has 0 fully saturated rings. The molecule has 0 aromatic heterocycles. The van der Waals surface area contributed by atoms with Crippen LogP contribution in [0.2, 0.25) is 0 Å². The molecule has 1 nitrogen and oxygen atoms in total. The fourth-order valence-corrected chi connectivity index (χ4v) is 3.07. The van der Waals surface area contributed by atoms with Crippen LogP contribution in [0, 0.1) is 6.92 Å². The summed E-state index contributed by atoms with van der Waals surface area (Å²) >= 11 is 3.44. The van der Waals surface area contributed by atoms with Crippen molar-refractivity contribution >= 4 is 15.9 Å². The van der Waals surface area contributed by atoms with Gasteiger partial charge in [0.05, 0.1) is 11.6 Å². The smallest absolute Gasteiger partial charge is 0.309 e. The molecule has 21 heavy (non-hydrogen) atoms. The van der Waals surface area contributed by atoms with E-state index in [0.717, 1.165) is 21.7 Å². The minimum absolute atomic E-state index is 0.219. The van der Waals surface area contributed by atoms with Crippen LogP contribution in [0.1, 0.15) is 28.3 Å². The van der Waals surface area contributed by atoms with Gasteiger partial charge in [-0.25, -0.2) is 0 Å². The van der Waals surface area contributed by atoms with Gasteiger partial charge in [-0.2, -0.15) is 13.2 Å². The SMILES string of the molecule is CNC(c1ccc(C)cc1Br)c1ccccc1C(F)(F)F. The second-order valence-corrected chi connectivity index (χ2v) is 5.69. The second kappa shape index (κ2) is 6.20. The zero-order valence-corrected chi connectivity index (χ0v) is 13.2. The Bertz CT molecular complexity index is 638. The lowest BCUT2D eigenvalue weighted by Crippen LogP contribution is -2.22. The number of nitrogens with one attached hydrogen (secondary N) is 1. The van der Waals surface area contributed by atoms with Crippen molar-refractivity contribution < 1.29 is 13.2 Å². The van der Waals surface area contributed by atoms with Crippen LogP contribution in [-0.2, 0) is 6.18 Å². The number of benzene rings is 2. The highest BCUT2D eigenvalue weighted by molar-refractivity contribution is 9.10. The number of rotatable bonds is 3. The van der Waals surface area contributed by atoms with E-state index in [1.165, 1.54) is 12.1 Å². The summed E-state index contributed by atoms with van der Waals surface area (Å²) in [6, 6.07) is 10.8. The first-order valence-electron chi connectivity index (χ1n) is 6.44. The molecule has 2 aromatic rings. The molecule has 0 bridgehead atoms. The Kier molecular flexibility index (Phi) is 4.74. The van der Waals surface area contributed by atoms with Crippen molar-refractivity contribution in [3.8, 4) is 0 Å². The fourth-order valence-electron chi connectivity index (χ4n) is 2.35. The van der Waals surface area contributed by atoms with E-state index >= 15 is 0 Å². The molecular weight excluding hydrogens is 343 g/mol. The summed E-state index contributed by atoms with van der Waals surface area (Å²) in [5.74, 6) is 0. The number of hydrogen-bond donors (Lipinski definition) is 1. The zero-order chi connectivity index (χ0) is 15.6. The third-order valence-corrected chi connectivity index (χ3v) is 4.02. The van der Waals surface area contributed by atoms with Gasteiger partial charge in [-0.1, -0.05) is 46.3 Å². The average Bonchev–Trinajstić information content (AvgIpc) is 2.41. The van der Waals surface area contributed by atoms with Crippen LogP contribution < -0.4 is 5.32 Å². The Labute approximate surface area is 130 Å². The van der Waals surface area contributed by atoms with Crippen molar-refractivity contribution in [1.82, 2.24) is 5.32 Å². The largest absolute Gasteiger partial charge is 0.416 e. The van der Waals surface area contributed by atoms with Crippen molar-refractivity contribution in [3.63, 3.8) is 0 Å². The molecule has 2 aromatic carbocycles. The van der Waals surface area contributed by atoms with Crippen LogP contribution in [0.15, 0.2) is 46.9 Å². The molecule has 1 atom stereocenters. The lowest BCUT2D eigenvalue weighted by Gasteiger charge is -2.23. The molecule has 1 unspecified atom stereocenters. The van der Waals surface area contributed by atoms with Gasteiger partial charge < -0.3 is 5.32 Å². The van der Waals surface area contributed by atoms with Crippen LogP contribution >= 0.6 is 15.9 Å². The summed E-state index contributed by atoms with van der Waals surface area (Å²) in [6.07, 6.45) is -4.37. The first kappa shape index (κ1) is 16.0. The van der Waals surface area contributed by atoms with Crippen LogP contribution in [-0.4, -0.2) is 7.05 Å². The van der Waals surface area contributed by atoms with Gasteiger partial charge in [0, 0.05) is 4.47 Å². The lowest BCUT2D eigenvalue weighted by molar-refractivity contribution is -0.138. The van der Waals surface area contributed by atoms with E-state index in [1.807, 2.05) is 25.1 Å². The van der Waals surface area contributed by atoms with Crippen molar-refractivity contribution in [2.75, 3.05) is 7.05 Å². The normalized spacial score (nSPS) is 13.2. The molecule has 0 amide bonds. The van der Waals surface area contributed by atoms with Crippen LogP contribution in [0.4, 0.5) is 13.2 Å². The highest BCUT2D eigenvalue weighted by Crippen LogP contribution is 2.38. The van der Waals surface area contributed by atoms with E-state index in [4.69, 9.17) is 0 Å². The topological polar surface area (TPSA) is 12.0 Å². The van der Waals surface area contributed by atoms with Gasteiger partial charge in [0.25, 0.3) is 0 Å². The Balaban J connectivity index is 2.57. The Morgan fingerprint density at radius 3 is 2.29 bits per heavy atom. The van der Waals surface area contributed by atoms with Crippen LogP contribution in [0.5, 0.6) is 0 Å². The summed E-state index contributed by atoms with van der Waals surface area (Å²) in [5, 5.41) is 2.98. The molecule has 1 N–H and O–H groups in total. The van der Waals surface area contributed by atoms with E-state index in [1.54, 1.807) is 13.1 Å². The van der Waals surface area contributed by atoms with E-state index in [0.29, 0.717) is 0 Å². The molecule has 112 valence electrons. The van der Waals surface area contributed by atoms with Crippen LogP contribution in [0.3, 0.4) is 0 Å². The summed E-state index contributed by atoms with van der Waals surface area (Å²) in [5.41, 5.74) is 1.43. The van der Waals surface area contributed by atoms with Gasteiger partial charge >= 0.3 is 6.18 Å². The maximum atomic E-state index is 13.2. The molecule has 0 aliphatic rings. The van der Waals surface area contributed by atoms with E-state index in [2.05, 4.69) is 21.2 Å². The van der Waals surface area contributed by atoms with Crippen molar-refractivity contribution in [2.24, 2.45) is 0 Å². The maximum Gasteiger partial charge on any atom is 0.416 e. The van der Waals surface area contributed by atoms with Gasteiger partial charge in [0.1, 0.15) is 0 Å². The monoisotopic (exact) mass is 357 g/mol. The van der Waals surface area contributed by atoms with Gasteiger partial charge in [-0.05, 0) is 42.8 Å². The molecule has 5 heteroatoms. The van der Waals surface area contributed by atoms with E-state index in [-0.39, 0.29) is 5.56 Å². The third kappa shape index (κ3) is 3.47. The molecule has 0 saturated carbocycles. The molecule has 0 aliphatic heterocycles. The highest BCUT2D eigenvalue weighted by atomic mass is 79.9. The number of hydrogen-bond acceptors (Lipinski definition) is 1. The number of halogens is 4. The summed E-state index contributed by atoms with van der Waals surface area (Å²) in [4.78, 5) is 0. The van der Waals surface area contributed by atoms with Crippen molar-refractivity contribution in [2.45, 2.75) is 19.1 Å². The number of aryl methyl sites for hydroxylation is 1. The molecular formula is C16H15BrF3N. The average molecular weight is 358 g/mol. The summed E-state index contributed by atoms with van der Waals surface area (Å²) in [7, 11) is 1.66. The Morgan fingerprint density at radius 1 is 1.05 bits per heavy atom. The molecule has 0 aliphatic carbocycles. The quantitative estimate of drug-likeness (QED) is 0.806. The summed E-state index contributed by atoms with van der Waals surface area (Å²) in [6.45, 7) is 1.94. The third-order valence-electron chi connectivity index (χ3n) is 3.33. The van der Waals surface area contributed by atoms with E-state index in [9.17, 15) is 13.2 Å². The fraction of sp³-hybridized carbons (Fsp3) is 0.250. The predicted octanol–water partition coefficient (Wildman–Crippen LogP) is 5.09. The van der Waals surface area contributed by atoms with Gasteiger partial charge in [0.2, 0.25) is 0 Å². The number of alkyl halides is 3. The van der Waals surface area contributed by atoms with Crippen LogP contribution in [0.25, 0.3) is 0 Å². The van der Waals surface area contributed by atoms with Gasteiger partial charge in [0.15, 0.2) is 0 Å². The molecule has 0 saturated heterocycles. The first-order valence-corrected chi connectivity index (χ1v) is 7.23. The molecule has 2 rings (SSSR count). The van der Waals surface area contributed by atoms with Gasteiger partial charge in [-0.3, -0.25) is 0 Å². The second-order valence-electron chi connectivity index (χ2n) is 4.83. The minimum Gasteiger partial charge on any atom is -0.309 e. The van der Waals surface area contributed by atoms with Crippen molar-refractivity contribution in [3.05, 3.63) is 69.2 Å². The molecule has 0 radical (unpaired) electrons. The minimum atomic E-state index is -4.37. The van der Waals surface area contributed by atoms with Gasteiger partial charge in [-0.15, -0.1) is 0 Å². The highest BCUT2D eigenvalue weighted by Gasteiger charge is 2.35. The van der Waals surface area contributed by atoms with Crippen molar-refractivity contribution in [1.29, 1.82) is 0 Å². The van der Waals surface area contributed by atoms with E-state index < -0.39 is 17.8 Å². The summed E-state index contributed by atoms with van der Waals surface area (Å²) < 4.78 is 40.3. The standard InChI is InChI=1S/C16H15BrF3N/c1-10-7-8-12(14(17)9-10)15(21-2)11-5-3-4-6-13(11)16(18,19)20/h3-9,15,21H,1-2H3. The predicted molar refractivity (Wildman–Crippen MR) is 81.2 cm³/mol. The Hall–Kier alpha value is -1.33.